The Labute approximate surface area is 140 Å². The van der Waals surface area contributed by atoms with Gasteiger partial charge in [0.2, 0.25) is 0 Å². The average Bonchev–Trinajstić information content (AvgIpc) is 2.57. The Morgan fingerprint density at radius 2 is 2.21 bits per heavy atom. The smallest absolute Gasteiger partial charge is 0.313 e. The van der Waals surface area contributed by atoms with E-state index in [2.05, 4.69) is 10.0 Å². The highest BCUT2D eigenvalue weighted by molar-refractivity contribution is 5.75. The topological polar surface area (TPSA) is 95.3 Å². The number of aryl methyl sites for hydroxylation is 1. The number of carboxylic acids is 1. The molecule has 1 aliphatic heterocycles. The van der Waals surface area contributed by atoms with Crippen molar-refractivity contribution in [3.63, 3.8) is 0 Å². The lowest BCUT2D eigenvalue weighted by Gasteiger charge is -2.26. The summed E-state index contributed by atoms with van der Waals surface area (Å²) in [5, 5.41) is 12.9. The summed E-state index contributed by atoms with van der Waals surface area (Å²) in [6.45, 7) is 3.08. The molecule has 6 nitrogen and oxygen atoms in total. The number of aliphatic carboxylic acids is 1. The van der Waals surface area contributed by atoms with Crippen LogP contribution in [-0.4, -0.2) is 30.3 Å². The van der Waals surface area contributed by atoms with Crippen molar-refractivity contribution in [1.29, 1.82) is 0 Å². The van der Waals surface area contributed by atoms with Crippen LogP contribution >= 0.6 is 0 Å². The molecular formula is C17H22FN3O3. The maximum atomic E-state index is 13.9. The van der Waals surface area contributed by atoms with E-state index in [0.29, 0.717) is 36.7 Å². The van der Waals surface area contributed by atoms with Crippen LogP contribution in [0.2, 0.25) is 0 Å². The summed E-state index contributed by atoms with van der Waals surface area (Å²) >= 11 is 0. The molecule has 0 radical (unpaired) electrons. The molecule has 1 heterocycles. The summed E-state index contributed by atoms with van der Waals surface area (Å²) in [7, 11) is 0. The van der Waals surface area contributed by atoms with E-state index in [1.54, 1.807) is 19.1 Å². The number of nitrogens with zero attached hydrogens (tertiary/aromatic N) is 3. The third-order valence-corrected chi connectivity index (χ3v) is 4.66. The maximum Gasteiger partial charge on any atom is 0.313 e. The number of halogens is 1. The first-order valence-corrected chi connectivity index (χ1v) is 8.13. The quantitative estimate of drug-likeness (QED) is 0.460. The molecule has 1 N–H and O–H groups in total. The molecule has 130 valence electrons. The van der Waals surface area contributed by atoms with Gasteiger partial charge in [0.15, 0.2) is 0 Å². The van der Waals surface area contributed by atoms with Gasteiger partial charge >= 0.3 is 5.97 Å². The second-order valence-electron chi connectivity index (χ2n) is 6.24. The zero-order valence-corrected chi connectivity index (χ0v) is 13.7. The molecule has 1 aromatic rings. The summed E-state index contributed by atoms with van der Waals surface area (Å²) in [6, 6.07) is 3.46. The second kappa shape index (κ2) is 8.66. The molecule has 2 atom stereocenters. The lowest BCUT2D eigenvalue weighted by molar-refractivity contribution is -0.139. The highest BCUT2D eigenvalue weighted by Gasteiger charge is 2.30. The van der Waals surface area contributed by atoms with Crippen LogP contribution in [0.4, 0.5) is 4.39 Å². The van der Waals surface area contributed by atoms with E-state index in [1.165, 1.54) is 6.07 Å². The van der Waals surface area contributed by atoms with E-state index in [1.807, 2.05) is 0 Å². The lowest BCUT2D eigenvalue weighted by Crippen LogP contribution is -2.27. The van der Waals surface area contributed by atoms with Gasteiger partial charge in [-0.15, -0.1) is 0 Å². The Kier molecular flexibility index (Phi) is 6.58. The molecule has 0 amide bonds. The molecule has 2 rings (SSSR count). The number of ether oxygens (including phenoxy) is 1. The zero-order valence-electron chi connectivity index (χ0n) is 13.7. The highest BCUT2D eigenvalue weighted by Crippen LogP contribution is 2.32. The number of carboxylic acid groups (broad SMARTS) is 1. The molecule has 0 aliphatic carbocycles. The highest BCUT2D eigenvalue weighted by atomic mass is 19.1. The lowest BCUT2D eigenvalue weighted by atomic mass is 9.83. The van der Waals surface area contributed by atoms with Crippen LogP contribution in [-0.2, 0) is 9.53 Å². The minimum atomic E-state index is -1.24. The van der Waals surface area contributed by atoms with Crippen LogP contribution in [0.5, 0.6) is 0 Å². The van der Waals surface area contributed by atoms with Crippen molar-refractivity contribution < 1.29 is 19.0 Å². The number of benzene rings is 1. The monoisotopic (exact) mass is 335 g/mol. The maximum absolute atomic E-state index is 13.9. The third-order valence-electron chi connectivity index (χ3n) is 4.66. The standard InChI is InChI=1S/C17H22FN3O3/c1-11-2-4-13(10-15(11)18)14(16(17(22)23)20-21-19)5-3-12-6-8-24-9-7-12/h2,4,10,12,14,16H,3,5-9H2,1H3,(H,22,23)/t14-,16+/m1/s1. The van der Waals surface area contributed by atoms with Crippen LogP contribution in [0.1, 0.15) is 42.7 Å². The molecule has 0 spiro atoms. The van der Waals surface area contributed by atoms with Crippen LogP contribution in [0.15, 0.2) is 23.3 Å². The van der Waals surface area contributed by atoms with Gasteiger partial charge in [-0.25, -0.2) is 4.39 Å². The first-order valence-electron chi connectivity index (χ1n) is 8.13. The van der Waals surface area contributed by atoms with E-state index in [-0.39, 0.29) is 5.82 Å². The number of carbonyl (C=O) groups is 1. The van der Waals surface area contributed by atoms with Crippen molar-refractivity contribution in [2.75, 3.05) is 13.2 Å². The number of azide groups is 1. The minimum absolute atomic E-state index is 0.381. The SMILES string of the molecule is Cc1ccc([C@@H](CCC2CCOCC2)[C@H](N=[N+]=[N-])C(=O)O)cc1F. The molecule has 24 heavy (non-hydrogen) atoms. The summed E-state index contributed by atoms with van der Waals surface area (Å²) in [5.41, 5.74) is 9.76. The van der Waals surface area contributed by atoms with Gasteiger partial charge in [-0.3, -0.25) is 4.79 Å². The van der Waals surface area contributed by atoms with Gasteiger partial charge in [-0.05, 0) is 61.2 Å². The predicted molar refractivity (Wildman–Crippen MR) is 87.2 cm³/mol. The fraction of sp³-hybridized carbons (Fsp3) is 0.588. The fourth-order valence-electron chi connectivity index (χ4n) is 3.15. The summed E-state index contributed by atoms with van der Waals surface area (Å²) < 4.78 is 19.3. The fourth-order valence-corrected chi connectivity index (χ4v) is 3.15. The van der Waals surface area contributed by atoms with Gasteiger partial charge in [0.25, 0.3) is 0 Å². The molecule has 1 fully saturated rings. The number of hydrogen-bond acceptors (Lipinski definition) is 3. The van der Waals surface area contributed by atoms with E-state index in [4.69, 9.17) is 10.3 Å². The van der Waals surface area contributed by atoms with Crippen LogP contribution in [0.3, 0.4) is 0 Å². The molecule has 1 aliphatic rings. The summed E-state index contributed by atoms with van der Waals surface area (Å²) in [5.74, 6) is -1.66. The van der Waals surface area contributed by atoms with E-state index < -0.39 is 17.9 Å². The Morgan fingerprint density at radius 3 is 2.79 bits per heavy atom. The van der Waals surface area contributed by atoms with Crippen LogP contribution < -0.4 is 0 Å². The predicted octanol–water partition coefficient (Wildman–Crippen LogP) is 4.19. The van der Waals surface area contributed by atoms with Crippen molar-refractivity contribution in [2.45, 2.75) is 44.6 Å². The Morgan fingerprint density at radius 1 is 1.50 bits per heavy atom. The third kappa shape index (κ3) is 4.69. The first kappa shape index (κ1) is 18.2. The largest absolute Gasteiger partial charge is 0.481 e. The van der Waals surface area contributed by atoms with Gasteiger partial charge in [0, 0.05) is 24.0 Å². The molecule has 0 bridgehead atoms. The molecule has 0 aromatic heterocycles. The van der Waals surface area contributed by atoms with Gasteiger partial charge < -0.3 is 9.84 Å². The molecule has 1 saturated heterocycles. The van der Waals surface area contributed by atoms with Crippen molar-refractivity contribution >= 4 is 5.97 Å². The normalized spacial score (nSPS) is 17.8. The second-order valence-corrected chi connectivity index (χ2v) is 6.24. The van der Waals surface area contributed by atoms with Gasteiger partial charge in [-0.2, -0.15) is 0 Å². The minimum Gasteiger partial charge on any atom is -0.481 e. The van der Waals surface area contributed by atoms with E-state index in [0.717, 1.165) is 19.3 Å². The van der Waals surface area contributed by atoms with Crippen LogP contribution in [0.25, 0.3) is 10.4 Å². The Bertz CT molecular complexity index is 624. The van der Waals surface area contributed by atoms with Crippen LogP contribution in [0, 0.1) is 18.7 Å². The Balaban J connectivity index is 2.23. The average molecular weight is 335 g/mol. The number of rotatable bonds is 7. The summed E-state index contributed by atoms with van der Waals surface area (Å²) in [4.78, 5) is 14.2. The molecule has 0 unspecified atom stereocenters. The van der Waals surface area contributed by atoms with Gasteiger partial charge in [0.05, 0.1) is 0 Å². The van der Waals surface area contributed by atoms with Crippen molar-refractivity contribution in [2.24, 2.45) is 11.0 Å². The molecular weight excluding hydrogens is 313 g/mol. The molecule has 1 aromatic carbocycles. The van der Waals surface area contributed by atoms with Crippen molar-refractivity contribution in [3.05, 3.63) is 45.6 Å². The van der Waals surface area contributed by atoms with E-state index in [9.17, 15) is 14.3 Å². The molecule has 7 heteroatoms. The van der Waals surface area contributed by atoms with Gasteiger partial charge in [0.1, 0.15) is 11.9 Å². The summed E-state index contributed by atoms with van der Waals surface area (Å²) in [6.07, 6.45) is 3.21. The van der Waals surface area contributed by atoms with Gasteiger partial charge in [-0.1, -0.05) is 17.2 Å². The van der Waals surface area contributed by atoms with Crippen molar-refractivity contribution in [1.82, 2.24) is 0 Å². The Hall–Kier alpha value is -2.11. The number of hydrogen-bond donors (Lipinski definition) is 1. The van der Waals surface area contributed by atoms with Crippen molar-refractivity contribution in [3.8, 4) is 0 Å². The van der Waals surface area contributed by atoms with E-state index >= 15 is 0 Å². The molecule has 0 saturated carbocycles. The first-order chi connectivity index (χ1) is 11.5. The zero-order chi connectivity index (χ0) is 17.5.